The summed E-state index contributed by atoms with van der Waals surface area (Å²) in [6, 6.07) is 13.7. The SMILES string of the molecule is CCn1c(=O)n(CCC(=O)N(Cc2ccc(OC)cc2)CC(F)(F)F)c2ccccc21. The smallest absolute Gasteiger partial charge is 0.406 e. The van der Waals surface area contributed by atoms with Crippen LogP contribution in [0.4, 0.5) is 13.2 Å². The second kappa shape index (κ2) is 9.28. The number of alkyl halides is 3. The molecular weight excluding hydrogens is 411 g/mol. The average Bonchev–Trinajstić information content (AvgIpc) is 3.01. The Hall–Kier alpha value is -3.23. The number of halogens is 3. The molecule has 1 heterocycles. The van der Waals surface area contributed by atoms with Crippen LogP contribution in [0.3, 0.4) is 0 Å². The third kappa shape index (κ3) is 5.28. The standard InChI is InChI=1S/C22H24F3N3O3/c1-3-27-18-6-4-5-7-19(18)28(21(27)30)13-12-20(29)26(15-22(23,24)25)14-16-8-10-17(31-2)11-9-16/h4-11H,3,12-15H2,1-2H3. The summed E-state index contributed by atoms with van der Waals surface area (Å²) in [5, 5.41) is 0. The summed E-state index contributed by atoms with van der Waals surface area (Å²) < 4.78 is 47.4. The Labute approximate surface area is 177 Å². The maximum Gasteiger partial charge on any atom is 0.406 e. The van der Waals surface area contributed by atoms with E-state index >= 15 is 0 Å². The Morgan fingerprint density at radius 1 is 1.03 bits per heavy atom. The van der Waals surface area contributed by atoms with Crippen LogP contribution in [0, 0.1) is 0 Å². The summed E-state index contributed by atoms with van der Waals surface area (Å²) in [4.78, 5) is 26.2. The number of hydrogen-bond donors (Lipinski definition) is 0. The molecule has 0 aliphatic heterocycles. The Bertz CT molecular complexity index is 1100. The number of hydrogen-bond acceptors (Lipinski definition) is 3. The van der Waals surface area contributed by atoms with Crippen LogP contribution in [0.5, 0.6) is 5.75 Å². The highest BCUT2D eigenvalue weighted by Gasteiger charge is 2.33. The van der Waals surface area contributed by atoms with Crippen molar-refractivity contribution in [2.45, 2.75) is 39.2 Å². The zero-order valence-corrected chi connectivity index (χ0v) is 17.4. The molecule has 31 heavy (non-hydrogen) atoms. The molecule has 166 valence electrons. The summed E-state index contributed by atoms with van der Waals surface area (Å²) in [6.45, 7) is 0.751. The fourth-order valence-electron chi connectivity index (χ4n) is 3.56. The van der Waals surface area contributed by atoms with Crippen LogP contribution < -0.4 is 10.4 Å². The maximum absolute atomic E-state index is 13.1. The fourth-order valence-corrected chi connectivity index (χ4v) is 3.56. The highest BCUT2D eigenvalue weighted by Crippen LogP contribution is 2.21. The van der Waals surface area contributed by atoms with Crippen LogP contribution >= 0.6 is 0 Å². The summed E-state index contributed by atoms with van der Waals surface area (Å²) in [5.74, 6) is -0.0995. The van der Waals surface area contributed by atoms with Gasteiger partial charge in [-0.2, -0.15) is 13.2 Å². The summed E-state index contributed by atoms with van der Waals surface area (Å²) >= 11 is 0. The van der Waals surface area contributed by atoms with E-state index in [2.05, 4.69) is 0 Å². The van der Waals surface area contributed by atoms with Gasteiger partial charge in [-0.05, 0) is 36.8 Å². The lowest BCUT2D eigenvalue weighted by molar-refractivity contribution is -0.162. The number of methoxy groups -OCH3 is 1. The molecule has 0 saturated heterocycles. The Morgan fingerprint density at radius 3 is 2.19 bits per heavy atom. The average molecular weight is 435 g/mol. The normalized spacial score (nSPS) is 11.6. The molecule has 0 atom stereocenters. The Morgan fingerprint density at radius 2 is 1.65 bits per heavy atom. The van der Waals surface area contributed by atoms with E-state index in [0.29, 0.717) is 23.4 Å². The van der Waals surface area contributed by atoms with Crippen molar-refractivity contribution < 1.29 is 22.7 Å². The number of carbonyl (C=O) groups excluding carboxylic acids is 1. The summed E-state index contributed by atoms with van der Waals surface area (Å²) in [5.41, 5.74) is 1.65. The topological polar surface area (TPSA) is 56.5 Å². The van der Waals surface area contributed by atoms with Gasteiger partial charge in [0.05, 0.1) is 18.1 Å². The molecule has 1 amide bonds. The van der Waals surface area contributed by atoms with Gasteiger partial charge in [0, 0.05) is 26.1 Å². The molecule has 0 aliphatic rings. The van der Waals surface area contributed by atoms with Crippen molar-refractivity contribution in [3.05, 3.63) is 64.6 Å². The highest BCUT2D eigenvalue weighted by molar-refractivity contribution is 5.78. The number of aromatic nitrogens is 2. The van der Waals surface area contributed by atoms with E-state index < -0.39 is 18.6 Å². The van der Waals surface area contributed by atoms with E-state index in [-0.39, 0.29) is 25.2 Å². The Balaban J connectivity index is 1.80. The molecule has 1 aromatic heterocycles. The van der Waals surface area contributed by atoms with Crippen LogP contribution in [0.1, 0.15) is 18.9 Å². The van der Waals surface area contributed by atoms with Crippen molar-refractivity contribution in [1.82, 2.24) is 14.0 Å². The van der Waals surface area contributed by atoms with Gasteiger partial charge in [0.2, 0.25) is 5.91 Å². The molecule has 9 heteroatoms. The first kappa shape index (κ1) is 22.5. The van der Waals surface area contributed by atoms with Crippen molar-refractivity contribution >= 4 is 16.9 Å². The molecule has 3 aromatic rings. The summed E-state index contributed by atoms with van der Waals surface area (Å²) in [7, 11) is 1.49. The predicted molar refractivity (Wildman–Crippen MR) is 111 cm³/mol. The number of carbonyl (C=O) groups is 1. The van der Waals surface area contributed by atoms with Gasteiger partial charge >= 0.3 is 11.9 Å². The monoisotopic (exact) mass is 435 g/mol. The van der Waals surface area contributed by atoms with Crippen LogP contribution in [0.2, 0.25) is 0 Å². The van der Waals surface area contributed by atoms with E-state index in [9.17, 15) is 22.8 Å². The third-order valence-corrected chi connectivity index (χ3v) is 5.05. The minimum atomic E-state index is -4.53. The van der Waals surface area contributed by atoms with Crippen LogP contribution in [0.15, 0.2) is 53.3 Å². The maximum atomic E-state index is 13.1. The van der Waals surface area contributed by atoms with Gasteiger partial charge in [0.25, 0.3) is 0 Å². The molecule has 0 saturated carbocycles. The lowest BCUT2D eigenvalue weighted by Gasteiger charge is -2.24. The van der Waals surface area contributed by atoms with Gasteiger partial charge in [-0.3, -0.25) is 13.9 Å². The molecular formula is C22H24F3N3O3. The number of benzene rings is 2. The largest absolute Gasteiger partial charge is 0.497 e. The number of fused-ring (bicyclic) bond motifs is 1. The number of imidazole rings is 1. The van der Waals surface area contributed by atoms with Gasteiger partial charge in [-0.15, -0.1) is 0 Å². The lowest BCUT2D eigenvalue weighted by Crippen LogP contribution is -2.39. The van der Waals surface area contributed by atoms with Crippen molar-refractivity contribution in [3.8, 4) is 5.75 Å². The first-order chi connectivity index (χ1) is 14.7. The zero-order chi connectivity index (χ0) is 22.6. The molecule has 0 fully saturated rings. The van der Waals surface area contributed by atoms with Crippen molar-refractivity contribution in [2.75, 3.05) is 13.7 Å². The number of para-hydroxylation sites is 2. The molecule has 2 aromatic carbocycles. The fraction of sp³-hybridized carbons (Fsp3) is 0.364. The van der Waals surface area contributed by atoms with E-state index in [0.717, 1.165) is 10.4 Å². The van der Waals surface area contributed by atoms with Gasteiger partial charge < -0.3 is 9.64 Å². The van der Waals surface area contributed by atoms with Crippen molar-refractivity contribution in [3.63, 3.8) is 0 Å². The van der Waals surface area contributed by atoms with Crippen LogP contribution in [0.25, 0.3) is 11.0 Å². The molecule has 3 rings (SSSR count). The second-order valence-electron chi connectivity index (χ2n) is 7.13. The first-order valence-electron chi connectivity index (χ1n) is 9.89. The third-order valence-electron chi connectivity index (χ3n) is 5.05. The molecule has 0 N–H and O–H groups in total. The number of ether oxygens (including phenoxy) is 1. The lowest BCUT2D eigenvalue weighted by atomic mass is 10.2. The minimum Gasteiger partial charge on any atom is -0.497 e. The van der Waals surface area contributed by atoms with Crippen molar-refractivity contribution in [1.29, 1.82) is 0 Å². The quantitative estimate of drug-likeness (QED) is 0.541. The van der Waals surface area contributed by atoms with Gasteiger partial charge in [0.1, 0.15) is 12.3 Å². The van der Waals surface area contributed by atoms with Gasteiger partial charge in [-0.1, -0.05) is 24.3 Å². The van der Waals surface area contributed by atoms with Crippen LogP contribution in [-0.2, 0) is 24.4 Å². The minimum absolute atomic E-state index is 0.00213. The molecule has 6 nitrogen and oxygen atoms in total. The van der Waals surface area contributed by atoms with E-state index in [4.69, 9.17) is 4.74 Å². The second-order valence-corrected chi connectivity index (χ2v) is 7.13. The zero-order valence-electron chi connectivity index (χ0n) is 17.4. The summed E-state index contributed by atoms with van der Waals surface area (Å²) in [6.07, 6.45) is -4.75. The number of rotatable bonds is 8. The number of nitrogens with zero attached hydrogens (tertiary/aromatic N) is 3. The molecule has 0 unspecified atom stereocenters. The van der Waals surface area contributed by atoms with Gasteiger partial charge in [-0.25, -0.2) is 4.79 Å². The van der Waals surface area contributed by atoms with Crippen molar-refractivity contribution in [2.24, 2.45) is 0 Å². The molecule has 0 radical (unpaired) electrons. The first-order valence-corrected chi connectivity index (χ1v) is 9.89. The van der Waals surface area contributed by atoms with Gasteiger partial charge in [0.15, 0.2) is 0 Å². The van der Waals surface area contributed by atoms with E-state index in [1.807, 2.05) is 13.0 Å². The number of amides is 1. The Kier molecular flexibility index (Phi) is 6.72. The highest BCUT2D eigenvalue weighted by atomic mass is 19.4. The van der Waals surface area contributed by atoms with Crippen LogP contribution in [-0.4, -0.2) is 39.8 Å². The molecule has 0 bridgehead atoms. The molecule has 0 spiro atoms. The predicted octanol–water partition coefficient (Wildman–Crippen LogP) is 3.81. The number of aryl methyl sites for hydroxylation is 2. The van der Waals surface area contributed by atoms with E-state index in [1.165, 1.54) is 11.7 Å². The molecule has 0 aliphatic carbocycles. The van der Waals surface area contributed by atoms with E-state index in [1.54, 1.807) is 47.0 Å².